The third-order valence-electron chi connectivity index (χ3n) is 10.5. The minimum absolute atomic E-state index is 0.709. The van der Waals surface area contributed by atoms with Gasteiger partial charge in [0.25, 0.3) is 0 Å². The van der Waals surface area contributed by atoms with E-state index in [1.54, 1.807) is 44.6 Å². The van der Waals surface area contributed by atoms with E-state index in [2.05, 4.69) is 73.0 Å². The maximum absolute atomic E-state index is 3.52. The monoisotopic (exact) mass is 533 g/mol. The van der Waals surface area contributed by atoms with Gasteiger partial charge in [-0.2, -0.15) is 0 Å². The van der Waals surface area contributed by atoms with Gasteiger partial charge in [-0.3, -0.25) is 0 Å². The second-order valence-electron chi connectivity index (χ2n) is 13.0. The van der Waals surface area contributed by atoms with Crippen molar-refractivity contribution in [3.63, 3.8) is 0 Å². The second-order valence-corrected chi connectivity index (χ2v) is 13.0. The van der Waals surface area contributed by atoms with E-state index < -0.39 is 0 Å². The van der Waals surface area contributed by atoms with Gasteiger partial charge in [0, 0.05) is 6.04 Å². The first kappa shape index (κ1) is 27.8. The lowest BCUT2D eigenvalue weighted by Gasteiger charge is -2.32. The van der Waals surface area contributed by atoms with E-state index >= 15 is 0 Å². The van der Waals surface area contributed by atoms with E-state index in [1.807, 2.05) is 0 Å². The van der Waals surface area contributed by atoms with Crippen molar-refractivity contribution in [3.8, 4) is 0 Å². The van der Waals surface area contributed by atoms with Crippen molar-refractivity contribution in [2.24, 2.45) is 11.8 Å². The molecule has 212 valence electrons. The zero-order chi connectivity index (χ0) is 27.1. The van der Waals surface area contributed by atoms with Gasteiger partial charge in [0.1, 0.15) is 0 Å². The lowest BCUT2D eigenvalue weighted by molar-refractivity contribution is 0.374. The molecule has 0 bridgehead atoms. The molecule has 1 N–H and O–H groups in total. The Morgan fingerprint density at radius 3 is 2.50 bits per heavy atom. The molecule has 5 aliphatic carbocycles. The average molecular weight is 534 g/mol. The average Bonchev–Trinajstić information content (AvgIpc) is 3.00. The molecule has 0 aromatic heterocycles. The molecule has 6 rings (SSSR count). The van der Waals surface area contributed by atoms with Gasteiger partial charge in [0.15, 0.2) is 0 Å². The van der Waals surface area contributed by atoms with Crippen LogP contribution in [0.2, 0.25) is 0 Å². The molecule has 1 unspecified atom stereocenters. The summed E-state index contributed by atoms with van der Waals surface area (Å²) < 4.78 is 0. The molecule has 0 aromatic rings. The number of rotatable bonds is 9. The summed E-state index contributed by atoms with van der Waals surface area (Å²) in [4.78, 5) is 0. The van der Waals surface area contributed by atoms with Gasteiger partial charge in [-0.15, -0.1) is 0 Å². The molecule has 1 fully saturated rings. The summed E-state index contributed by atoms with van der Waals surface area (Å²) in [5, 5.41) is 3.52. The second kappa shape index (κ2) is 13.5. The van der Waals surface area contributed by atoms with Crippen LogP contribution in [0.4, 0.5) is 0 Å². The molecule has 1 saturated heterocycles. The van der Waals surface area contributed by atoms with Crippen molar-refractivity contribution in [2.75, 3.05) is 6.54 Å². The highest BCUT2D eigenvalue weighted by molar-refractivity contribution is 5.60. The summed E-state index contributed by atoms with van der Waals surface area (Å²) >= 11 is 0. The van der Waals surface area contributed by atoms with Crippen LogP contribution in [0.5, 0.6) is 0 Å². The van der Waals surface area contributed by atoms with Crippen LogP contribution in [0.15, 0.2) is 105 Å². The third-order valence-corrected chi connectivity index (χ3v) is 10.5. The van der Waals surface area contributed by atoms with E-state index in [0.717, 1.165) is 11.8 Å². The molecule has 6 aliphatic rings. The molecule has 0 saturated carbocycles. The minimum Gasteiger partial charge on any atom is -0.314 e. The predicted molar refractivity (Wildman–Crippen MR) is 172 cm³/mol. The van der Waals surface area contributed by atoms with E-state index in [0.29, 0.717) is 6.04 Å². The smallest absolute Gasteiger partial charge is 0.0114 e. The number of allylic oxidation sites excluding steroid dienone is 17. The first-order chi connectivity index (χ1) is 19.8. The van der Waals surface area contributed by atoms with Crippen LogP contribution in [0, 0.1) is 11.8 Å². The summed E-state index contributed by atoms with van der Waals surface area (Å²) in [6.07, 6.45) is 44.7. The van der Waals surface area contributed by atoms with Gasteiger partial charge in [-0.1, -0.05) is 85.3 Å². The zero-order valence-corrected chi connectivity index (χ0v) is 25.0. The van der Waals surface area contributed by atoms with Gasteiger partial charge in [-0.05, 0) is 148 Å². The van der Waals surface area contributed by atoms with Crippen molar-refractivity contribution >= 4 is 0 Å². The summed E-state index contributed by atoms with van der Waals surface area (Å²) in [7, 11) is 0. The molecular formula is C39H51N. The molecule has 40 heavy (non-hydrogen) atoms. The molecular weight excluding hydrogens is 482 g/mol. The van der Waals surface area contributed by atoms with Crippen LogP contribution in [0.3, 0.4) is 0 Å². The van der Waals surface area contributed by atoms with Crippen LogP contribution in [0.1, 0.15) is 110 Å². The van der Waals surface area contributed by atoms with Crippen molar-refractivity contribution in [1.82, 2.24) is 5.32 Å². The first-order valence-electron chi connectivity index (χ1n) is 16.8. The number of fused-ring (bicyclic) bond motifs is 1. The van der Waals surface area contributed by atoms with Crippen LogP contribution < -0.4 is 5.32 Å². The number of hydrogen-bond donors (Lipinski definition) is 1. The van der Waals surface area contributed by atoms with Crippen molar-refractivity contribution in [1.29, 1.82) is 0 Å². The largest absolute Gasteiger partial charge is 0.314 e. The first-order valence-corrected chi connectivity index (χ1v) is 16.8. The highest BCUT2D eigenvalue weighted by Gasteiger charge is 2.27. The molecule has 0 spiro atoms. The molecule has 0 aromatic carbocycles. The molecule has 0 amide bonds. The van der Waals surface area contributed by atoms with Crippen LogP contribution in [-0.4, -0.2) is 12.6 Å². The molecule has 1 aliphatic heterocycles. The standard InChI is InChI=1S/C39H51N/c1-2-10-33(13-6-7-14-35-27-28-40-35)36-25-26-37(39-16-9-8-15-38(36)39)34-23-21-32(22-24-34)31-19-17-30(18-20-31)29-11-4-3-5-12-29/h3-4,6-7,9,13,16-17,21,23,29,31,35,40H,2,5,8,10-12,14-15,18-20,22,24-28H2,1H3/b7-6-,33-13+/t29-,31-,35?/m1/s1. The van der Waals surface area contributed by atoms with Gasteiger partial charge in [0.2, 0.25) is 0 Å². The Morgan fingerprint density at radius 1 is 0.850 bits per heavy atom. The van der Waals surface area contributed by atoms with Gasteiger partial charge >= 0.3 is 0 Å². The fraction of sp³-hybridized carbons (Fsp3) is 0.538. The summed E-state index contributed by atoms with van der Waals surface area (Å²) in [6, 6.07) is 0.709. The van der Waals surface area contributed by atoms with E-state index in [1.165, 1.54) is 109 Å². The lowest BCUT2D eigenvalue weighted by Crippen LogP contribution is -2.42. The summed E-state index contributed by atoms with van der Waals surface area (Å²) in [6.45, 7) is 3.53. The molecule has 3 atom stereocenters. The SMILES string of the molecule is CCC/C(=C\C=C/CC1CCN1)C1=C2CCC=CC2=C(C2=CC=C([C@@H]3CC=C([C@@H]4CC=CCC4)CC3)CC2)CC1. The Labute approximate surface area is 244 Å². The third kappa shape index (κ3) is 6.41. The van der Waals surface area contributed by atoms with Gasteiger partial charge in [0.05, 0.1) is 0 Å². The fourth-order valence-electron chi connectivity index (χ4n) is 8.00. The Kier molecular flexibility index (Phi) is 9.39. The van der Waals surface area contributed by atoms with Crippen LogP contribution in [0.25, 0.3) is 0 Å². The summed E-state index contributed by atoms with van der Waals surface area (Å²) in [5.74, 6) is 1.61. The normalized spacial score (nSPS) is 29.3. The Hall–Kier alpha value is -2.38. The maximum atomic E-state index is 3.52. The van der Waals surface area contributed by atoms with Gasteiger partial charge < -0.3 is 5.32 Å². The van der Waals surface area contributed by atoms with E-state index in [9.17, 15) is 0 Å². The van der Waals surface area contributed by atoms with Crippen LogP contribution >= 0.6 is 0 Å². The Balaban J connectivity index is 1.18. The summed E-state index contributed by atoms with van der Waals surface area (Å²) in [5.41, 5.74) is 13.3. The zero-order valence-electron chi connectivity index (χ0n) is 25.0. The number of nitrogens with one attached hydrogen (secondary N) is 1. The highest BCUT2D eigenvalue weighted by Crippen LogP contribution is 2.45. The van der Waals surface area contributed by atoms with E-state index in [-0.39, 0.29) is 0 Å². The van der Waals surface area contributed by atoms with Crippen molar-refractivity contribution < 1.29 is 0 Å². The Bertz CT molecular complexity index is 1220. The predicted octanol–water partition coefficient (Wildman–Crippen LogP) is 10.5. The Morgan fingerprint density at radius 2 is 1.77 bits per heavy atom. The maximum Gasteiger partial charge on any atom is 0.0114 e. The van der Waals surface area contributed by atoms with Crippen molar-refractivity contribution in [3.05, 3.63) is 105 Å². The molecule has 1 heteroatoms. The number of hydrogen-bond acceptors (Lipinski definition) is 1. The highest BCUT2D eigenvalue weighted by atomic mass is 15.0. The quantitative estimate of drug-likeness (QED) is 0.230. The molecule has 1 heterocycles. The fourth-order valence-corrected chi connectivity index (χ4v) is 8.00. The van der Waals surface area contributed by atoms with Gasteiger partial charge in [-0.25, -0.2) is 0 Å². The minimum atomic E-state index is 0.709. The van der Waals surface area contributed by atoms with Crippen LogP contribution in [-0.2, 0) is 0 Å². The molecule has 0 radical (unpaired) electrons. The topological polar surface area (TPSA) is 12.0 Å². The van der Waals surface area contributed by atoms with E-state index in [4.69, 9.17) is 0 Å². The van der Waals surface area contributed by atoms with Crippen molar-refractivity contribution in [2.45, 2.75) is 116 Å². The molecule has 1 nitrogen and oxygen atoms in total. The lowest BCUT2D eigenvalue weighted by atomic mass is 9.73.